The Hall–Kier alpha value is -2.54. The minimum Gasteiger partial charge on any atom is -0.492 e. The van der Waals surface area contributed by atoms with Crippen molar-refractivity contribution in [2.75, 3.05) is 38.2 Å². The molecule has 0 unspecified atom stereocenters. The summed E-state index contributed by atoms with van der Waals surface area (Å²) in [6.45, 7) is 7.78. The van der Waals surface area contributed by atoms with Crippen LogP contribution in [0.2, 0.25) is 0 Å². The van der Waals surface area contributed by atoms with Gasteiger partial charge in [0.05, 0.1) is 0 Å². The summed E-state index contributed by atoms with van der Waals surface area (Å²) in [5.74, 6) is 0.896. The zero-order valence-electron chi connectivity index (χ0n) is 17.4. The number of alkyl halides is 1. The quantitative estimate of drug-likeness (QED) is 0.657. The number of likely N-dealkylation sites (N-methyl/N-ethyl adjacent to an activating group) is 1. The van der Waals surface area contributed by atoms with Gasteiger partial charge >= 0.3 is 0 Å². The number of ether oxygens (including phenoxy) is 1. The molecule has 1 saturated carbocycles. The first-order chi connectivity index (χ1) is 14.0. The largest absolute Gasteiger partial charge is 0.492 e. The third-order valence-corrected chi connectivity index (χ3v) is 5.20. The minimum atomic E-state index is -0.367. The van der Waals surface area contributed by atoms with Crippen molar-refractivity contribution in [3.8, 4) is 16.9 Å². The number of halogens is 1. The van der Waals surface area contributed by atoms with Gasteiger partial charge in [0.15, 0.2) is 0 Å². The van der Waals surface area contributed by atoms with E-state index in [4.69, 9.17) is 4.74 Å². The lowest BCUT2D eigenvalue weighted by atomic mass is 10.0. The third-order valence-electron chi connectivity index (χ3n) is 5.20. The molecule has 1 aromatic carbocycles. The fourth-order valence-corrected chi connectivity index (χ4v) is 3.33. The van der Waals surface area contributed by atoms with Gasteiger partial charge in [0.25, 0.3) is 0 Å². The zero-order valence-corrected chi connectivity index (χ0v) is 17.4. The van der Waals surface area contributed by atoms with Crippen molar-refractivity contribution in [1.29, 1.82) is 0 Å². The Balaban J connectivity index is 1.85. The van der Waals surface area contributed by atoms with Crippen LogP contribution in [0.4, 0.5) is 10.1 Å². The summed E-state index contributed by atoms with van der Waals surface area (Å²) in [7, 11) is 0. The first-order valence-corrected chi connectivity index (χ1v) is 10.2. The normalized spacial score (nSPS) is 13.6. The number of aryl methyl sites for hydroxylation is 2. The lowest BCUT2D eigenvalue weighted by Crippen LogP contribution is -2.30. The number of carbonyl (C=O) groups excluding carboxylic acids is 1. The molecule has 3 rings (SSSR count). The highest BCUT2D eigenvalue weighted by molar-refractivity contribution is 5.95. The number of hydrogen-bond donors (Lipinski definition) is 1. The molecule has 1 aliphatic carbocycles. The van der Waals surface area contributed by atoms with Crippen molar-refractivity contribution in [2.45, 2.75) is 33.6 Å². The van der Waals surface area contributed by atoms with Crippen molar-refractivity contribution in [3.63, 3.8) is 0 Å². The van der Waals surface area contributed by atoms with Crippen molar-refractivity contribution in [2.24, 2.45) is 5.92 Å². The van der Waals surface area contributed by atoms with Gasteiger partial charge in [0, 0.05) is 47.2 Å². The number of rotatable bonds is 10. The molecule has 1 heterocycles. The van der Waals surface area contributed by atoms with Gasteiger partial charge in [0.1, 0.15) is 25.4 Å². The van der Waals surface area contributed by atoms with Crippen molar-refractivity contribution in [3.05, 3.63) is 35.9 Å². The molecule has 0 bridgehead atoms. The predicted octanol–water partition coefficient (Wildman–Crippen LogP) is 3.78. The Kier molecular flexibility index (Phi) is 7.14. The molecule has 0 saturated heterocycles. The Bertz CT molecular complexity index is 834. The monoisotopic (exact) mass is 400 g/mol. The number of hydrogen-bond acceptors (Lipinski definition) is 5. The molecule has 1 aliphatic rings. The van der Waals surface area contributed by atoms with Crippen molar-refractivity contribution in [1.82, 2.24) is 14.9 Å². The fraction of sp³-hybridized carbons (Fsp3) is 0.500. The van der Waals surface area contributed by atoms with Crippen LogP contribution >= 0.6 is 0 Å². The zero-order chi connectivity index (χ0) is 20.8. The average molecular weight is 400 g/mol. The summed E-state index contributed by atoms with van der Waals surface area (Å²) in [6.07, 6.45) is 3.46. The second-order valence-corrected chi connectivity index (χ2v) is 7.37. The van der Waals surface area contributed by atoms with Crippen LogP contribution in [0.25, 0.3) is 11.1 Å². The van der Waals surface area contributed by atoms with E-state index in [9.17, 15) is 9.18 Å². The van der Waals surface area contributed by atoms with Crippen LogP contribution in [-0.4, -0.2) is 53.7 Å². The van der Waals surface area contributed by atoms with E-state index in [-0.39, 0.29) is 18.5 Å². The fourth-order valence-electron chi connectivity index (χ4n) is 3.33. The number of benzene rings is 1. The van der Waals surface area contributed by atoms with E-state index in [2.05, 4.69) is 15.3 Å². The van der Waals surface area contributed by atoms with Gasteiger partial charge in [-0.15, -0.1) is 0 Å². The van der Waals surface area contributed by atoms with Crippen LogP contribution in [0, 0.1) is 19.8 Å². The Morgan fingerprint density at radius 3 is 2.59 bits per heavy atom. The molecule has 0 aliphatic heterocycles. The summed E-state index contributed by atoms with van der Waals surface area (Å²) < 4.78 is 18.7. The maximum atomic E-state index is 12.6. The molecule has 1 aromatic heterocycles. The molecule has 1 N–H and O–H groups in total. The number of anilines is 1. The first kappa shape index (κ1) is 21.2. The van der Waals surface area contributed by atoms with Crippen LogP contribution in [0.1, 0.15) is 31.2 Å². The minimum absolute atomic E-state index is 0.0622. The van der Waals surface area contributed by atoms with Crippen molar-refractivity contribution >= 4 is 11.6 Å². The van der Waals surface area contributed by atoms with Gasteiger partial charge in [-0.25, -0.2) is 14.4 Å². The second kappa shape index (κ2) is 9.78. The smallest absolute Gasteiger partial charge is 0.227 e. The Morgan fingerprint density at radius 2 is 1.97 bits per heavy atom. The summed E-state index contributed by atoms with van der Waals surface area (Å²) in [5, 5.41) is 3.00. The highest BCUT2D eigenvalue weighted by Gasteiger charge is 2.29. The van der Waals surface area contributed by atoms with E-state index in [1.165, 1.54) is 0 Å². The van der Waals surface area contributed by atoms with Crippen LogP contribution in [0.3, 0.4) is 0 Å². The van der Waals surface area contributed by atoms with Crippen LogP contribution in [-0.2, 0) is 4.79 Å². The number of carbonyl (C=O) groups is 1. The molecule has 0 atom stereocenters. The maximum absolute atomic E-state index is 12.6. The third kappa shape index (κ3) is 5.50. The van der Waals surface area contributed by atoms with E-state index >= 15 is 0 Å². The molecule has 7 heteroatoms. The van der Waals surface area contributed by atoms with E-state index in [1.807, 2.05) is 43.9 Å². The van der Waals surface area contributed by atoms with Crippen LogP contribution in [0.5, 0.6) is 5.75 Å². The maximum Gasteiger partial charge on any atom is 0.227 e. The summed E-state index contributed by atoms with van der Waals surface area (Å²) in [6, 6.07) is 5.65. The first-order valence-electron chi connectivity index (χ1n) is 10.2. The van der Waals surface area contributed by atoms with Crippen LogP contribution in [0.15, 0.2) is 24.5 Å². The number of aromatic nitrogens is 2. The van der Waals surface area contributed by atoms with Gasteiger partial charge in [-0.3, -0.25) is 9.69 Å². The van der Waals surface area contributed by atoms with Gasteiger partial charge in [-0.1, -0.05) is 6.92 Å². The highest BCUT2D eigenvalue weighted by atomic mass is 19.1. The number of nitrogens with zero attached hydrogens (tertiary/aromatic N) is 3. The Labute approximate surface area is 171 Å². The molecule has 156 valence electrons. The van der Waals surface area contributed by atoms with Gasteiger partial charge in [-0.05, 0) is 51.4 Å². The van der Waals surface area contributed by atoms with Crippen LogP contribution < -0.4 is 10.1 Å². The number of nitrogens with one attached hydrogen (secondary N) is 1. The van der Waals surface area contributed by atoms with E-state index in [0.717, 1.165) is 47.6 Å². The predicted molar refractivity (Wildman–Crippen MR) is 112 cm³/mol. The highest BCUT2D eigenvalue weighted by Crippen LogP contribution is 2.36. The molecular weight excluding hydrogens is 371 g/mol. The lowest BCUT2D eigenvalue weighted by Gasteiger charge is -2.20. The molecule has 0 spiro atoms. The van der Waals surface area contributed by atoms with E-state index < -0.39 is 0 Å². The molecule has 2 aromatic rings. The molecule has 0 radical (unpaired) electrons. The molecule has 6 nitrogen and oxygen atoms in total. The van der Waals surface area contributed by atoms with E-state index in [0.29, 0.717) is 25.4 Å². The van der Waals surface area contributed by atoms with Gasteiger partial charge in [-0.2, -0.15) is 0 Å². The topological polar surface area (TPSA) is 67.3 Å². The average Bonchev–Trinajstić information content (AvgIpc) is 3.54. The molecule has 1 amide bonds. The summed E-state index contributed by atoms with van der Waals surface area (Å²) >= 11 is 0. The van der Waals surface area contributed by atoms with Crippen molar-refractivity contribution < 1.29 is 13.9 Å². The SMILES string of the molecule is CCN(CCF)CCOc1ccc(NC(=O)C2CC2)cc1-c1c(C)ncnc1C. The standard InChI is InChI=1S/C22H29FN4O2/c1-4-27(10-9-23)11-12-29-20-8-7-18(26-22(28)17-5-6-17)13-19(20)21-15(2)24-14-25-16(21)3/h7-8,13-14,17H,4-6,9-12H2,1-3H3,(H,26,28). The Morgan fingerprint density at radius 1 is 1.24 bits per heavy atom. The molecule has 1 fully saturated rings. The van der Waals surface area contributed by atoms with Gasteiger partial charge in [0.2, 0.25) is 5.91 Å². The molecular formula is C22H29FN4O2. The van der Waals surface area contributed by atoms with Gasteiger partial charge < -0.3 is 10.1 Å². The lowest BCUT2D eigenvalue weighted by molar-refractivity contribution is -0.117. The second-order valence-electron chi connectivity index (χ2n) is 7.37. The summed E-state index contributed by atoms with van der Waals surface area (Å²) in [4.78, 5) is 22.8. The summed E-state index contributed by atoms with van der Waals surface area (Å²) in [5.41, 5.74) is 4.18. The molecule has 29 heavy (non-hydrogen) atoms. The van der Waals surface area contributed by atoms with E-state index in [1.54, 1.807) is 6.33 Å². The number of amides is 1.